The van der Waals surface area contributed by atoms with Crippen LogP contribution in [-0.4, -0.2) is 28.8 Å². The Kier molecular flexibility index (Phi) is 5.24. The first kappa shape index (κ1) is 16.0. The van der Waals surface area contributed by atoms with E-state index in [1.165, 1.54) is 42.6 Å². The Labute approximate surface area is 131 Å². The van der Waals surface area contributed by atoms with Crippen molar-refractivity contribution in [2.75, 3.05) is 6.61 Å². The fourth-order valence-corrected chi connectivity index (χ4v) is 1.63. The third kappa shape index (κ3) is 5.12. The van der Waals surface area contributed by atoms with Gasteiger partial charge in [0.1, 0.15) is 11.5 Å². The van der Waals surface area contributed by atoms with Crippen molar-refractivity contribution < 1.29 is 19.6 Å². The van der Waals surface area contributed by atoms with E-state index >= 15 is 0 Å². The minimum atomic E-state index is -0.521. The first-order chi connectivity index (χ1) is 11.0. The van der Waals surface area contributed by atoms with Crippen molar-refractivity contribution in [2.45, 2.75) is 0 Å². The Morgan fingerprint density at radius 3 is 2.70 bits per heavy atom. The van der Waals surface area contributed by atoms with Crippen molar-refractivity contribution in [3.8, 4) is 11.5 Å². The summed E-state index contributed by atoms with van der Waals surface area (Å²) < 4.78 is 5.18. The van der Waals surface area contributed by atoms with Gasteiger partial charge in [-0.3, -0.25) is 14.9 Å². The maximum atomic E-state index is 11.5. The average molecular weight is 315 g/mol. The molecule has 8 heteroatoms. The maximum Gasteiger partial charge on any atom is 0.277 e. The summed E-state index contributed by atoms with van der Waals surface area (Å²) in [6.07, 6.45) is 1.38. The number of aromatic hydroxyl groups is 1. The molecule has 0 saturated carbocycles. The van der Waals surface area contributed by atoms with Crippen molar-refractivity contribution in [2.24, 2.45) is 5.10 Å². The zero-order chi connectivity index (χ0) is 16.7. The number of nitro benzene ring substituents is 1. The van der Waals surface area contributed by atoms with E-state index in [9.17, 15) is 20.0 Å². The predicted molar refractivity (Wildman–Crippen MR) is 82.4 cm³/mol. The number of carbonyl (C=O) groups is 1. The van der Waals surface area contributed by atoms with Gasteiger partial charge in [0, 0.05) is 12.1 Å². The van der Waals surface area contributed by atoms with Gasteiger partial charge < -0.3 is 9.84 Å². The Morgan fingerprint density at radius 1 is 1.30 bits per heavy atom. The number of rotatable bonds is 6. The number of ether oxygens (including phenoxy) is 1. The highest BCUT2D eigenvalue weighted by atomic mass is 16.6. The molecule has 0 spiro atoms. The molecule has 2 aromatic carbocycles. The first-order valence-corrected chi connectivity index (χ1v) is 6.53. The largest absolute Gasteiger partial charge is 0.508 e. The molecule has 2 rings (SSSR count). The lowest BCUT2D eigenvalue weighted by atomic mass is 10.2. The van der Waals surface area contributed by atoms with Crippen LogP contribution in [0.1, 0.15) is 5.56 Å². The van der Waals surface area contributed by atoms with E-state index in [-0.39, 0.29) is 18.0 Å². The lowest BCUT2D eigenvalue weighted by Crippen LogP contribution is -2.24. The highest BCUT2D eigenvalue weighted by Crippen LogP contribution is 2.17. The van der Waals surface area contributed by atoms with E-state index in [0.717, 1.165) is 0 Å². The van der Waals surface area contributed by atoms with Crippen molar-refractivity contribution >= 4 is 17.8 Å². The maximum absolute atomic E-state index is 11.5. The first-order valence-electron chi connectivity index (χ1n) is 6.53. The smallest absolute Gasteiger partial charge is 0.277 e. The van der Waals surface area contributed by atoms with Crippen molar-refractivity contribution in [1.29, 1.82) is 0 Å². The third-order valence-corrected chi connectivity index (χ3v) is 2.69. The summed E-state index contributed by atoms with van der Waals surface area (Å²) in [6.45, 7) is -0.283. The minimum absolute atomic E-state index is 0.0579. The fraction of sp³-hybridized carbons (Fsp3) is 0.0667. The van der Waals surface area contributed by atoms with Gasteiger partial charge in [-0.15, -0.1) is 0 Å². The summed E-state index contributed by atoms with van der Waals surface area (Å²) in [5, 5.41) is 23.5. The molecule has 0 aliphatic carbocycles. The molecule has 0 radical (unpaired) electrons. The summed E-state index contributed by atoms with van der Waals surface area (Å²) in [4.78, 5) is 21.5. The summed E-state index contributed by atoms with van der Waals surface area (Å²) >= 11 is 0. The van der Waals surface area contributed by atoms with Gasteiger partial charge in [0.2, 0.25) is 0 Å². The second kappa shape index (κ2) is 7.55. The lowest BCUT2D eigenvalue weighted by molar-refractivity contribution is -0.384. The van der Waals surface area contributed by atoms with Crippen molar-refractivity contribution in [3.05, 3.63) is 64.2 Å². The Morgan fingerprint density at radius 2 is 2.04 bits per heavy atom. The van der Waals surface area contributed by atoms with Crippen LogP contribution < -0.4 is 10.2 Å². The van der Waals surface area contributed by atoms with E-state index in [4.69, 9.17) is 4.74 Å². The molecule has 0 heterocycles. The predicted octanol–water partition coefficient (Wildman–Crippen LogP) is 1.83. The molecule has 0 aliphatic heterocycles. The number of hydrogen-bond acceptors (Lipinski definition) is 6. The fourth-order valence-electron chi connectivity index (χ4n) is 1.63. The van der Waals surface area contributed by atoms with Crippen LogP contribution in [0.4, 0.5) is 5.69 Å². The summed E-state index contributed by atoms with van der Waals surface area (Å²) in [7, 11) is 0. The highest BCUT2D eigenvalue weighted by Gasteiger charge is 2.06. The van der Waals surface area contributed by atoms with E-state index in [1.54, 1.807) is 12.1 Å². The molecule has 0 fully saturated rings. The number of non-ortho nitro benzene ring substituents is 1. The van der Waals surface area contributed by atoms with Crippen LogP contribution in [-0.2, 0) is 4.79 Å². The van der Waals surface area contributed by atoms with E-state index < -0.39 is 10.8 Å². The zero-order valence-corrected chi connectivity index (χ0v) is 11.9. The molecular formula is C15H13N3O5. The SMILES string of the molecule is O=C(COc1ccc([N+](=O)[O-])cc1)N/N=C/c1cccc(O)c1. The van der Waals surface area contributed by atoms with Crippen molar-refractivity contribution in [3.63, 3.8) is 0 Å². The van der Waals surface area contributed by atoms with Crippen LogP contribution >= 0.6 is 0 Å². The molecule has 118 valence electrons. The van der Waals surface area contributed by atoms with Gasteiger partial charge >= 0.3 is 0 Å². The molecule has 0 unspecified atom stereocenters. The number of hydrazone groups is 1. The van der Waals surface area contributed by atoms with Crippen LogP contribution in [0.15, 0.2) is 53.6 Å². The molecular weight excluding hydrogens is 302 g/mol. The number of phenolic OH excluding ortho intramolecular Hbond substituents is 1. The molecule has 2 aromatic rings. The Hall–Kier alpha value is -3.42. The molecule has 8 nitrogen and oxygen atoms in total. The van der Waals surface area contributed by atoms with Gasteiger partial charge in [-0.2, -0.15) is 5.10 Å². The summed E-state index contributed by atoms with van der Waals surface area (Å²) in [6, 6.07) is 11.7. The topological polar surface area (TPSA) is 114 Å². The van der Waals surface area contributed by atoms with Gasteiger partial charge in [-0.05, 0) is 29.8 Å². The molecule has 0 saturated heterocycles. The van der Waals surface area contributed by atoms with Crippen LogP contribution in [0.3, 0.4) is 0 Å². The number of phenols is 1. The van der Waals surface area contributed by atoms with Crippen molar-refractivity contribution in [1.82, 2.24) is 5.43 Å². The van der Waals surface area contributed by atoms with E-state index in [1.807, 2.05) is 0 Å². The second-order valence-electron chi connectivity index (χ2n) is 4.43. The molecule has 1 amide bonds. The number of carbonyl (C=O) groups excluding carboxylic acids is 1. The number of nitro groups is 1. The van der Waals surface area contributed by atoms with Crippen LogP contribution in [0.2, 0.25) is 0 Å². The Balaban J connectivity index is 1.79. The normalized spacial score (nSPS) is 10.4. The number of nitrogens with one attached hydrogen (secondary N) is 1. The third-order valence-electron chi connectivity index (χ3n) is 2.69. The van der Waals surface area contributed by atoms with Gasteiger partial charge in [0.25, 0.3) is 11.6 Å². The average Bonchev–Trinajstić information content (AvgIpc) is 2.53. The summed E-state index contributed by atoms with van der Waals surface area (Å²) in [5.41, 5.74) is 2.83. The number of amides is 1. The zero-order valence-electron chi connectivity index (χ0n) is 11.9. The molecule has 0 aromatic heterocycles. The minimum Gasteiger partial charge on any atom is -0.508 e. The molecule has 23 heavy (non-hydrogen) atoms. The van der Waals surface area contributed by atoms with Gasteiger partial charge in [-0.25, -0.2) is 5.43 Å². The molecule has 0 bridgehead atoms. The van der Waals surface area contributed by atoms with Crippen LogP contribution in [0.25, 0.3) is 0 Å². The monoisotopic (exact) mass is 315 g/mol. The van der Waals surface area contributed by atoms with Gasteiger partial charge in [0.05, 0.1) is 11.1 Å². The van der Waals surface area contributed by atoms with Gasteiger partial charge in [-0.1, -0.05) is 12.1 Å². The van der Waals surface area contributed by atoms with Crippen LogP contribution in [0, 0.1) is 10.1 Å². The molecule has 0 atom stereocenters. The second-order valence-corrected chi connectivity index (χ2v) is 4.43. The molecule has 2 N–H and O–H groups in total. The van der Waals surface area contributed by atoms with Gasteiger partial charge in [0.15, 0.2) is 6.61 Å². The van der Waals surface area contributed by atoms with E-state index in [0.29, 0.717) is 11.3 Å². The Bertz CT molecular complexity index is 728. The quantitative estimate of drug-likeness (QED) is 0.479. The number of nitrogens with zero attached hydrogens (tertiary/aromatic N) is 2. The standard InChI is InChI=1S/C15H13N3O5/c19-13-3-1-2-11(8-13)9-16-17-15(20)10-23-14-6-4-12(5-7-14)18(21)22/h1-9,19H,10H2,(H,17,20)/b16-9+. The highest BCUT2D eigenvalue weighted by molar-refractivity contribution is 5.83. The van der Waals surface area contributed by atoms with E-state index in [2.05, 4.69) is 10.5 Å². The van der Waals surface area contributed by atoms with Crippen LogP contribution in [0.5, 0.6) is 11.5 Å². The summed E-state index contributed by atoms with van der Waals surface area (Å²) in [5.74, 6) is -0.0516. The molecule has 0 aliphatic rings. The number of hydrogen-bond donors (Lipinski definition) is 2. The number of benzene rings is 2. The lowest BCUT2D eigenvalue weighted by Gasteiger charge is -2.04.